The first-order valence-electron chi connectivity index (χ1n) is 8.78. The van der Waals surface area contributed by atoms with E-state index >= 15 is 0 Å². The summed E-state index contributed by atoms with van der Waals surface area (Å²) in [6.07, 6.45) is 1.73. The molecular formula is C17H22Cl2N2O6S. The van der Waals surface area contributed by atoms with Gasteiger partial charge in [-0.05, 0) is 18.6 Å². The van der Waals surface area contributed by atoms with Crippen LogP contribution < -0.4 is 5.32 Å². The van der Waals surface area contributed by atoms with E-state index in [-0.39, 0.29) is 46.8 Å². The van der Waals surface area contributed by atoms with Crippen molar-refractivity contribution in [2.45, 2.75) is 24.7 Å². The zero-order valence-electron chi connectivity index (χ0n) is 15.4. The minimum atomic E-state index is -3.94. The van der Waals surface area contributed by atoms with Crippen LogP contribution in [0.3, 0.4) is 0 Å². The number of halogens is 2. The van der Waals surface area contributed by atoms with Crippen LogP contribution in [0.1, 0.15) is 30.1 Å². The molecule has 0 unspecified atom stereocenters. The van der Waals surface area contributed by atoms with E-state index in [9.17, 15) is 18.0 Å². The first kappa shape index (κ1) is 22.9. The molecule has 8 nitrogen and oxygen atoms in total. The predicted molar refractivity (Wildman–Crippen MR) is 104 cm³/mol. The fourth-order valence-electron chi connectivity index (χ4n) is 2.47. The molecule has 1 aromatic carbocycles. The minimum Gasteiger partial charge on any atom is -0.452 e. The second kappa shape index (κ2) is 10.4. The maximum Gasteiger partial charge on any atom is 0.340 e. The molecular weight excluding hydrogens is 431 g/mol. The van der Waals surface area contributed by atoms with Gasteiger partial charge < -0.3 is 14.8 Å². The highest BCUT2D eigenvalue weighted by molar-refractivity contribution is 7.89. The summed E-state index contributed by atoms with van der Waals surface area (Å²) < 4.78 is 37.0. The molecule has 0 aliphatic carbocycles. The number of rotatable bonds is 8. The molecule has 1 aliphatic rings. The Morgan fingerprint density at radius 2 is 1.89 bits per heavy atom. The number of nitrogens with one attached hydrogen (secondary N) is 1. The molecule has 0 saturated carbocycles. The van der Waals surface area contributed by atoms with Crippen molar-refractivity contribution in [2.24, 2.45) is 0 Å². The van der Waals surface area contributed by atoms with E-state index in [4.69, 9.17) is 32.7 Å². The van der Waals surface area contributed by atoms with Crippen LogP contribution in [-0.2, 0) is 24.3 Å². The van der Waals surface area contributed by atoms with E-state index in [1.807, 2.05) is 6.92 Å². The summed E-state index contributed by atoms with van der Waals surface area (Å²) in [7, 11) is -3.94. The lowest BCUT2D eigenvalue weighted by Gasteiger charge is -2.26. The van der Waals surface area contributed by atoms with Gasteiger partial charge in [0, 0.05) is 19.6 Å². The summed E-state index contributed by atoms with van der Waals surface area (Å²) in [4.78, 5) is 23.7. The van der Waals surface area contributed by atoms with Crippen LogP contribution >= 0.6 is 23.2 Å². The van der Waals surface area contributed by atoms with Crippen molar-refractivity contribution in [1.29, 1.82) is 0 Å². The van der Waals surface area contributed by atoms with Crippen LogP contribution in [0.5, 0.6) is 0 Å². The average molecular weight is 453 g/mol. The monoisotopic (exact) mass is 452 g/mol. The molecule has 1 amide bonds. The topological polar surface area (TPSA) is 102 Å². The van der Waals surface area contributed by atoms with Gasteiger partial charge in [0.2, 0.25) is 10.0 Å². The number of carbonyl (C=O) groups excluding carboxylic acids is 2. The van der Waals surface area contributed by atoms with Crippen LogP contribution in [0, 0.1) is 0 Å². The molecule has 0 spiro atoms. The lowest BCUT2D eigenvalue weighted by Crippen LogP contribution is -2.40. The summed E-state index contributed by atoms with van der Waals surface area (Å²) >= 11 is 12.1. The maximum atomic E-state index is 12.8. The van der Waals surface area contributed by atoms with Gasteiger partial charge >= 0.3 is 5.97 Å². The number of amides is 1. The number of ether oxygens (including phenoxy) is 2. The summed E-state index contributed by atoms with van der Waals surface area (Å²) in [5.41, 5.74) is -0.181. The minimum absolute atomic E-state index is 0.0673. The molecule has 0 bridgehead atoms. The first-order chi connectivity index (χ1) is 13.3. The molecule has 0 atom stereocenters. The van der Waals surface area contributed by atoms with E-state index in [0.29, 0.717) is 6.54 Å². The highest BCUT2D eigenvalue weighted by Gasteiger charge is 2.30. The zero-order valence-corrected chi connectivity index (χ0v) is 17.7. The number of hydrogen-bond acceptors (Lipinski definition) is 6. The molecule has 28 heavy (non-hydrogen) atoms. The number of esters is 1. The van der Waals surface area contributed by atoms with E-state index in [0.717, 1.165) is 18.9 Å². The van der Waals surface area contributed by atoms with Crippen LogP contribution in [0.25, 0.3) is 0 Å². The van der Waals surface area contributed by atoms with Crippen molar-refractivity contribution in [1.82, 2.24) is 9.62 Å². The van der Waals surface area contributed by atoms with Crippen molar-refractivity contribution >= 4 is 45.1 Å². The van der Waals surface area contributed by atoms with Gasteiger partial charge in [-0.3, -0.25) is 4.79 Å². The van der Waals surface area contributed by atoms with E-state index in [1.165, 1.54) is 10.4 Å². The Morgan fingerprint density at radius 1 is 1.21 bits per heavy atom. The maximum absolute atomic E-state index is 12.8. The van der Waals surface area contributed by atoms with E-state index < -0.39 is 28.5 Å². The molecule has 1 fully saturated rings. The molecule has 11 heteroatoms. The molecule has 1 heterocycles. The summed E-state index contributed by atoms with van der Waals surface area (Å²) in [5, 5.41) is 2.43. The Hall–Kier alpha value is -1.39. The van der Waals surface area contributed by atoms with Crippen molar-refractivity contribution in [3.05, 3.63) is 27.7 Å². The molecule has 1 aromatic rings. The number of hydrogen-bond donors (Lipinski definition) is 1. The van der Waals surface area contributed by atoms with Crippen molar-refractivity contribution in [3.63, 3.8) is 0 Å². The Bertz CT molecular complexity index is 825. The summed E-state index contributed by atoms with van der Waals surface area (Å²) in [6, 6.07) is 2.25. The van der Waals surface area contributed by atoms with Gasteiger partial charge in [-0.25, -0.2) is 13.2 Å². The van der Waals surface area contributed by atoms with Gasteiger partial charge in [-0.1, -0.05) is 36.5 Å². The number of sulfonamides is 1. The van der Waals surface area contributed by atoms with Crippen molar-refractivity contribution in [3.8, 4) is 0 Å². The normalized spacial score (nSPS) is 15.2. The van der Waals surface area contributed by atoms with Crippen LogP contribution in [0.2, 0.25) is 10.0 Å². The van der Waals surface area contributed by atoms with Crippen LogP contribution in [-0.4, -0.2) is 64.1 Å². The second-order valence-corrected chi connectivity index (χ2v) is 8.78. The largest absolute Gasteiger partial charge is 0.452 e. The standard InChI is InChI=1S/C17H22Cl2N2O6S/c1-2-3-4-20-16(22)11-27-17(23)12-9-15(14(19)10-13(12)18)28(24,25)21-5-7-26-8-6-21/h9-10H,2-8,11H2,1H3,(H,20,22). The third-order valence-electron chi connectivity index (χ3n) is 4.02. The number of carbonyl (C=O) groups is 2. The van der Waals surface area contributed by atoms with Crippen molar-refractivity contribution in [2.75, 3.05) is 39.5 Å². The van der Waals surface area contributed by atoms with Crippen LogP contribution in [0.4, 0.5) is 0 Å². The zero-order chi connectivity index (χ0) is 20.7. The van der Waals surface area contributed by atoms with Gasteiger partial charge in [0.05, 0.1) is 28.8 Å². The Balaban J connectivity index is 2.16. The fraction of sp³-hybridized carbons (Fsp3) is 0.529. The lowest BCUT2D eigenvalue weighted by molar-refractivity contribution is -0.124. The Morgan fingerprint density at radius 3 is 2.54 bits per heavy atom. The number of morpholine rings is 1. The first-order valence-corrected chi connectivity index (χ1v) is 11.0. The van der Waals surface area contributed by atoms with Crippen LogP contribution in [0.15, 0.2) is 17.0 Å². The van der Waals surface area contributed by atoms with E-state index in [2.05, 4.69) is 5.32 Å². The summed E-state index contributed by atoms with van der Waals surface area (Å²) in [5.74, 6) is -1.36. The number of nitrogens with zero attached hydrogens (tertiary/aromatic N) is 1. The SMILES string of the molecule is CCCCNC(=O)COC(=O)c1cc(S(=O)(=O)N2CCOCC2)c(Cl)cc1Cl. The van der Waals surface area contributed by atoms with Crippen molar-refractivity contribution < 1.29 is 27.5 Å². The van der Waals surface area contributed by atoms with Gasteiger partial charge in [-0.2, -0.15) is 4.31 Å². The predicted octanol–water partition coefficient (Wildman–Crippen LogP) is 2.09. The smallest absolute Gasteiger partial charge is 0.340 e. The average Bonchev–Trinajstić information content (AvgIpc) is 2.67. The van der Waals surface area contributed by atoms with Gasteiger partial charge in [0.1, 0.15) is 4.90 Å². The van der Waals surface area contributed by atoms with Gasteiger partial charge in [0.15, 0.2) is 6.61 Å². The highest BCUT2D eigenvalue weighted by atomic mass is 35.5. The fourth-order valence-corrected chi connectivity index (χ4v) is 4.71. The number of unbranched alkanes of at least 4 members (excludes halogenated alkanes) is 1. The molecule has 1 N–H and O–H groups in total. The molecule has 156 valence electrons. The van der Waals surface area contributed by atoms with Gasteiger partial charge in [0.25, 0.3) is 5.91 Å². The Labute approximate surface area is 174 Å². The van der Waals surface area contributed by atoms with E-state index in [1.54, 1.807) is 0 Å². The lowest BCUT2D eigenvalue weighted by atomic mass is 10.2. The number of benzene rings is 1. The third kappa shape index (κ3) is 5.81. The second-order valence-electron chi connectivity index (χ2n) is 6.06. The molecule has 1 aliphatic heterocycles. The molecule has 2 rings (SSSR count). The quantitative estimate of drug-likeness (QED) is 0.478. The molecule has 1 saturated heterocycles. The summed E-state index contributed by atoms with van der Waals surface area (Å²) in [6.45, 7) is 2.87. The Kier molecular flexibility index (Phi) is 8.51. The third-order valence-corrected chi connectivity index (χ3v) is 6.69. The van der Waals surface area contributed by atoms with Gasteiger partial charge in [-0.15, -0.1) is 0 Å². The molecule has 0 aromatic heterocycles. The highest BCUT2D eigenvalue weighted by Crippen LogP contribution is 2.31. The molecule has 0 radical (unpaired) electrons.